The van der Waals surface area contributed by atoms with Crippen LogP contribution in [0.4, 0.5) is 0 Å². The van der Waals surface area contributed by atoms with E-state index in [4.69, 9.17) is 14.5 Å². The average Bonchev–Trinajstić information content (AvgIpc) is 3.21. The first-order valence-electron chi connectivity index (χ1n) is 12.1. The summed E-state index contributed by atoms with van der Waals surface area (Å²) in [5.74, 6) is 2.66. The quantitative estimate of drug-likeness (QED) is 0.312. The largest absolute Gasteiger partial charge is 0.497 e. The Bertz CT molecular complexity index is 1280. The van der Waals surface area contributed by atoms with Crippen molar-refractivity contribution in [1.82, 2.24) is 14.9 Å². The molecule has 1 N–H and O–H groups in total. The third kappa shape index (κ3) is 6.41. The number of carbonyl (C=O) groups excluding carboxylic acids is 1. The lowest BCUT2D eigenvalue weighted by Gasteiger charge is -2.12. The minimum absolute atomic E-state index is 0.000353. The van der Waals surface area contributed by atoms with Crippen LogP contribution in [0.3, 0.4) is 0 Å². The van der Waals surface area contributed by atoms with Crippen molar-refractivity contribution in [3.63, 3.8) is 0 Å². The van der Waals surface area contributed by atoms with Gasteiger partial charge in [-0.3, -0.25) is 4.79 Å². The maximum absolute atomic E-state index is 12.4. The highest BCUT2D eigenvalue weighted by molar-refractivity contribution is 5.78. The lowest BCUT2D eigenvalue weighted by atomic mass is 10.1. The lowest BCUT2D eigenvalue weighted by Crippen LogP contribution is -2.28. The van der Waals surface area contributed by atoms with E-state index in [9.17, 15) is 4.79 Å². The normalized spacial score (nSPS) is 10.9. The summed E-state index contributed by atoms with van der Waals surface area (Å²) < 4.78 is 13.4. The Kier molecular flexibility index (Phi) is 8.03. The van der Waals surface area contributed by atoms with Crippen molar-refractivity contribution in [2.24, 2.45) is 0 Å². The van der Waals surface area contributed by atoms with Gasteiger partial charge in [-0.05, 0) is 73.4 Å². The predicted octanol–water partition coefficient (Wildman–Crippen LogP) is 5.03. The second kappa shape index (κ2) is 11.6. The van der Waals surface area contributed by atoms with Gasteiger partial charge in [0.2, 0.25) is 5.91 Å². The van der Waals surface area contributed by atoms with Crippen LogP contribution in [-0.4, -0.2) is 35.7 Å². The summed E-state index contributed by atoms with van der Waals surface area (Å²) in [5.41, 5.74) is 5.54. The smallest absolute Gasteiger partial charge is 0.224 e. The van der Waals surface area contributed by atoms with E-state index in [1.54, 1.807) is 7.11 Å². The van der Waals surface area contributed by atoms with Crippen LogP contribution >= 0.6 is 0 Å². The van der Waals surface area contributed by atoms with E-state index < -0.39 is 0 Å². The Morgan fingerprint density at radius 2 is 1.74 bits per heavy atom. The molecule has 182 valence electrons. The third-order valence-corrected chi connectivity index (χ3v) is 6.20. The first-order chi connectivity index (χ1) is 17.0. The number of hydrogen-bond donors (Lipinski definition) is 1. The fourth-order valence-electron chi connectivity index (χ4n) is 4.09. The number of nitrogens with zero attached hydrogens (tertiary/aromatic N) is 2. The number of fused-ring (bicyclic) bond motifs is 1. The van der Waals surface area contributed by atoms with Crippen molar-refractivity contribution < 1.29 is 14.3 Å². The Balaban J connectivity index is 1.32. The SMILES string of the molecule is COc1ccc(CC(=O)NCCc2nc3ccccc3n2CCCOc2ccc(C)c(C)c2)cc1. The number of carbonyl (C=O) groups is 1. The van der Waals surface area contributed by atoms with E-state index in [-0.39, 0.29) is 5.91 Å². The van der Waals surface area contributed by atoms with Crippen LogP contribution in [-0.2, 0) is 24.2 Å². The minimum atomic E-state index is -0.000353. The second-order valence-electron chi connectivity index (χ2n) is 8.74. The van der Waals surface area contributed by atoms with Crippen LogP contribution in [0.15, 0.2) is 66.7 Å². The first kappa shape index (κ1) is 24.3. The zero-order valence-corrected chi connectivity index (χ0v) is 20.7. The van der Waals surface area contributed by atoms with Crippen molar-refractivity contribution in [1.29, 1.82) is 0 Å². The van der Waals surface area contributed by atoms with Crippen molar-refractivity contribution in [3.8, 4) is 11.5 Å². The number of rotatable bonds is 11. The molecule has 0 radical (unpaired) electrons. The Hall–Kier alpha value is -3.80. The number of imidazole rings is 1. The molecule has 0 fully saturated rings. The summed E-state index contributed by atoms with van der Waals surface area (Å²) in [6.45, 7) is 6.18. The topological polar surface area (TPSA) is 65.4 Å². The second-order valence-corrected chi connectivity index (χ2v) is 8.74. The maximum Gasteiger partial charge on any atom is 0.224 e. The molecule has 1 aromatic heterocycles. The molecule has 3 aromatic carbocycles. The molecule has 0 saturated carbocycles. The van der Waals surface area contributed by atoms with Crippen LogP contribution in [0.1, 0.15) is 28.9 Å². The molecule has 1 heterocycles. The number of nitrogens with one attached hydrogen (secondary N) is 1. The molecule has 6 nitrogen and oxygen atoms in total. The number of benzene rings is 3. The maximum atomic E-state index is 12.4. The van der Waals surface area contributed by atoms with E-state index in [0.717, 1.165) is 46.9 Å². The highest BCUT2D eigenvalue weighted by Crippen LogP contribution is 2.19. The molecule has 0 aliphatic heterocycles. The first-order valence-corrected chi connectivity index (χ1v) is 12.1. The van der Waals surface area contributed by atoms with E-state index >= 15 is 0 Å². The predicted molar refractivity (Wildman–Crippen MR) is 139 cm³/mol. The van der Waals surface area contributed by atoms with E-state index in [1.165, 1.54) is 11.1 Å². The molecular formula is C29H33N3O3. The molecular weight excluding hydrogens is 438 g/mol. The van der Waals surface area contributed by atoms with Crippen LogP contribution < -0.4 is 14.8 Å². The molecule has 0 aliphatic rings. The Morgan fingerprint density at radius 3 is 2.51 bits per heavy atom. The molecule has 1 amide bonds. The molecule has 0 aliphatic carbocycles. The van der Waals surface area contributed by atoms with E-state index in [2.05, 4.69) is 41.9 Å². The minimum Gasteiger partial charge on any atom is -0.497 e. The van der Waals surface area contributed by atoms with Gasteiger partial charge in [-0.15, -0.1) is 0 Å². The van der Waals surface area contributed by atoms with Gasteiger partial charge >= 0.3 is 0 Å². The number of hydrogen-bond acceptors (Lipinski definition) is 4. The summed E-state index contributed by atoms with van der Waals surface area (Å²) in [7, 11) is 1.63. The number of methoxy groups -OCH3 is 1. The zero-order valence-electron chi connectivity index (χ0n) is 20.7. The molecule has 6 heteroatoms. The standard InChI is InChI=1S/C29H33N3O3/c1-21-9-12-25(19-22(21)2)35-18-6-17-32-27-8-5-4-7-26(27)31-28(32)15-16-30-29(33)20-23-10-13-24(34-3)14-11-23/h4-5,7-14,19H,6,15-18,20H2,1-3H3,(H,30,33). The number of aryl methyl sites for hydroxylation is 3. The molecule has 0 atom stereocenters. The third-order valence-electron chi connectivity index (χ3n) is 6.20. The Labute approximate surface area is 206 Å². The van der Waals surface area contributed by atoms with E-state index in [0.29, 0.717) is 26.0 Å². The van der Waals surface area contributed by atoms with E-state index in [1.807, 2.05) is 48.5 Å². The highest BCUT2D eigenvalue weighted by Gasteiger charge is 2.11. The van der Waals surface area contributed by atoms with Crippen LogP contribution in [0.25, 0.3) is 11.0 Å². The van der Waals surface area contributed by atoms with Gasteiger partial charge in [0.25, 0.3) is 0 Å². The summed E-state index contributed by atoms with van der Waals surface area (Å²) in [6.07, 6.45) is 1.88. The van der Waals surface area contributed by atoms with Gasteiger partial charge in [-0.1, -0.05) is 30.3 Å². The molecule has 35 heavy (non-hydrogen) atoms. The number of para-hydroxylation sites is 2. The highest BCUT2D eigenvalue weighted by atomic mass is 16.5. The number of amides is 1. The van der Waals surface area contributed by atoms with Gasteiger partial charge in [0.05, 0.1) is 31.2 Å². The summed E-state index contributed by atoms with van der Waals surface area (Å²) in [4.78, 5) is 17.2. The molecule has 4 aromatic rings. The van der Waals surface area contributed by atoms with Crippen LogP contribution in [0.5, 0.6) is 11.5 Å². The Morgan fingerprint density at radius 1 is 0.971 bits per heavy atom. The molecule has 0 spiro atoms. The average molecular weight is 472 g/mol. The number of ether oxygens (including phenoxy) is 2. The van der Waals surface area contributed by atoms with Crippen LogP contribution in [0.2, 0.25) is 0 Å². The van der Waals surface area contributed by atoms with Gasteiger partial charge in [0.15, 0.2) is 0 Å². The molecule has 4 rings (SSSR count). The summed E-state index contributed by atoms with van der Waals surface area (Å²) >= 11 is 0. The summed E-state index contributed by atoms with van der Waals surface area (Å²) in [6, 6.07) is 21.9. The number of aromatic nitrogens is 2. The fourth-order valence-corrected chi connectivity index (χ4v) is 4.09. The van der Waals surface area contributed by atoms with Crippen molar-refractivity contribution >= 4 is 16.9 Å². The van der Waals surface area contributed by atoms with Crippen LogP contribution in [0, 0.1) is 13.8 Å². The van der Waals surface area contributed by atoms with Crippen molar-refractivity contribution in [2.45, 2.75) is 39.7 Å². The fraction of sp³-hybridized carbons (Fsp3) is 0.310. The lowest BCUT2D eigenvalue weighted by molar-refractivity contribution is -0.120. The van der Waals surface area contributed by atoms with Gasteiger partial charge < -0.3 is 19.4 Å². The zero-order chi connectivity index (χ0) is 24.6. The molecule has 0 bridgehead atoms. The summed E-state index contributed by atoms with van der Waals surface area (Å²) in [5, 5.41) is 3.03. The van der Waals surface area contributed by atoms with Crippen molar-refractivity contribution in [3.05, 3.63) is 89.2 Å². The molecule has 0 unspecified atom stereocenters. The van der Waals surface area contributed by atoms with Gasteiger partial charge in [-0.25, -0.2) is 4.98 Å². The van der Waals surface area contributed by atoms with Gasteiger partial charge in [0.1, 0.15) is 17.3 Å². The van der Waals surface area contributed by atoms with Gasteiger partial charge in [0, 0.05) is 19.5 Å². The monoisotopic (exact) mass is 471 g/mol. The van der Waals surface area contributed by atoms with Crippen molar-refractivity contribution in [2.75, 3.05) is 20.3 Å². The van der Waals surface area contributed by atoms with Gasteiger partial charge in [-0.2, -0.15) is 0 Å². The molecule has 0 saturated heterocycles.